The van der Waals surface area contributed by atoms with Crippen LogP contribution in [0.4, 0.5) is 20.2 Å². The van der Waals surface area contributed by atoms with Crippen LogP contribution in [0.5, 0.6) is 0 Å². The van der Waals surface area contributed by atoms with Crippen LogP contribution in [0.25, 0.3) is 0 Å². The fourth-order valence-electron chi connectivity index (χ4n) is 2.99. The molecule has 1 aliphatic carbocycles. The molecule has 1 aliphatic rings. The van der Waals surface area contributed by atoms with Gasteiger partial charge in [-0.05, 0) is 42.7 Å². The van der Waals surface area contributed by atoms with Crippen LogP contribution in [0.1, 0.15) is 24.3 Å². The summed E-state index contributed by atoms with van der Waals surface area (Å²) in [5, 5.41) is 5.93. The molecule has 0 saturated carbocycles. The lowest BCUT2D eigenvalue weighted by molar-refractivity contribution is 0.586. The Kier molecular flexibility index (Phi) is 4.98. The summed E-state index contributed by atoms with van der Waals surface area (Å²) in [6.45, 7) is 7.68. The summed E-state index contributed by atoms with van der Waals surface area (Å²) in [6.07, 6.45) is 6.27. The van der Waals surface area contributed by atoms with Gasteiger partial charge in [-0.1, -0.05) is 43.0 Å². The van der Waals surface area contributed by atoms with E-state index in [-0.39, 0.29) is 5.69 Å². The van der Waals surface area contributed by atoms with Gasteiger partial charge in [0.2, 0.25) is 0 Å². The second-order valence-electron chi connectivity index (χ2n) is 6.07. The number of benzene rings is 2. The Bertz CT molecular complexity index is 840. The molecule has 2 nitrogen and oxygen atoms in total. The summed E-state index contributed by atoms with van der Waals surface area (Å²) in [7, 11) is 0. The fourth-order valence-corrected chi connectivity index (χ4v) is 2.99. The maximum Gasteiger partial charge on any atom is 0.149 e. The van der Waals surface area contributed by atoms with E-state index in [1.165, 1.54) is 23.3 Å². The number of hydrogen-bond acceptors (Lipinski definition) is 2. The number of allylic oxidation sites excluding steroid dienone is 3. The molecular formula is C21H20F2N2. The predicted molar refractivity (Wildman–Crippen MR) is 99.4 cm³/mol. The van der Waals surface area contributed by atoms with Crippen LogP contribution in [-0.2, 0) is 0 Å². The van der Waals surface area contributed by atoms with Crippen molar-refractivity contribution in [3.8, 4) is 0 Å². The molecule has 25 heavy (non-hydrogen) atoms. The van der Waals surface area contributed by atoms with E-state index < -0.39 is 11.6 Å². The first-order valence-corrected chi connectivity index (χ1v) is 8.16. The van der Waals surface area contributed by atoms with Gasteiger partial charge in [0.05, 0.1) is 5.69 Å². The fraction of sp³-hybridized carbons (Fsp3) is 0.143. The number of rotatable bonds is 6. The van der Waals surface area contributed by atoms with E-state index in [2.05, 4.69) is 42.0 Å². The largest absolute Gasteiger partial charge is 0.342 e. The molecule has 0 saturated heterocycles. The van der Waals surface area contributed by atoms with E-state index in [0.29, 0.717) is 11.7 Å². The highest BCUT2D eigenvalue weighted by molar-refractivity contribution is 5.57. The van der Waals surface area contributed by atoms with Gasteiger partial charge < -0.3 is 10.6 Å². The third-order valence-corrected chi connectivity index (χ3v) is 4.25. The van der Waals surface area contributed by atoms with Gasteiger partial charge >= 0.3 is 0 Å². The normalized spacial score (nSPS) is 16.2. The first kappa shape index (κ1) is 17.0. The maximum absolute atomic E-state index is 13.7. The van der Waals surface area contributed by atoms with E-state index in [9.17, 15) is 8.78 Å². The summed E-state index contributed by atoms with van der Waals surface area (Å²) < 4.78 is 26.7. The second-order valence-corrected chi connectivity index (χ2v) is 6.07. The Morgan fingerprint density at radius 3 is 2.68 bits per heavy atom. The minimum atomic E-state index is -0.662. The van der Waals surface area contributed by atoms with Crippen molar-refractivity contribution in [2.75, 3.05) is 10.6 Å². The van der Waals surface area contributed by atoms with Crippen LogP contribution in [-0.4, -0.2) is 0 Å². The molecule has 0 bridgehead atoms. The highest BCUT2D eigenvalue weighted by atomic mass is 19.1. The van der Waals surface area contributed by atoms with Crippen LogP contribution in [0.3, 0.4) is 0 Å². The zero-order chi connectivity index (χ0) is 17.8. The Labute approximate surface area is 146 Å². The summed E-state index contributed by atoms with van der Waals surface area (Å²) >= 11 is 0. The average molecular weight is 338 g/mol. The molecule has 1 atom stereocenters. The number of hydrogen-bond donors (Lipinski definition) is 2. The summed E-state index contributed by atoms with van der Waals surface area (Å²) in [6, 6.07) is 11.4. The smallest absolute Gasteiger partial charge is 0.149 e. The number of anilines is 2. The first-order valence-electron chi connectivity index (χ1n) is 8.16. The van der Waals surface area contributed by atoms with Gasteiger partial charge in [-0.15, -0.1) is 0 Å². The summed E-state index contributed by atoms with van der Waals surface area (Å²) in [4.78, 5) is 0. The van der Waals surface area contributed by atoms with Crippen molar-refractivity contribution in [3.05, 3.63) is 96.4 Å². The number of nitrogens with one attached hydrogen (secondary N) is 2. The lowest BCUT2D eigenvalue weighted by Gasteiger charge is -2.15. The standard InChI is InChI=1S/C21H20F2N2/c1-3-15-7-8-17(11-15)16-5-4-6-19(12-16)24-14(2)25-21-10-9-18(22)13-20(21)23/h3-6,9-13,17,24-25H,1-2,7-8H2. The van der Waals surface area contributed by atoms with Crippen LogP contribution in [0.15, 0.2) is 79.2 Å². The molecule has 0 heterocycles. The molecule has 2 N–H and O–H groups in total. The van der Waals surface area contributed by atoms with Gasteiger partial charge in [0.15, 0.2) is 0 Å². The highest BCUT2D eigenvalue weighted by Gasteiger charge is 2.16. The Hall–Kier alpha value is -2.88. The van der Waals surface area contributed by atoms with E-state index in [1.54, 1.807) is 0 Å². The molecule has 128 valence electrons. The molecular weight excluding hydrogens is 318 g/mol. The monoisotopic (exact) mass is 338 g/mol. The van der Waals surface area contributed by atoms with Crippen molar-refractivity contribution >= 4 is 11.4 Å². The van der Waals surface area contributed by atoms with Gasteiger partial charge in [-0.2, -0.15) is 0 Å². The molecule has 0 aromatic heterocycles. The molecule has 0 radical (unpaired) electrons. The summed E-state index contributed by atoms with van der Waals surface area (Å²) in [5.74, 6) is -0.482. The molecule has 1 unspecified atom stereocenters. The van der Waals surface area contributed by atoms with Crippen molar-refractivity contribution in [2.45, 2.75) is 18.8 Å². The summed E-state index contributed by atoms with van der Waals surface area (Å²) in [5.41, 5.74) is 3.52. The zero-order valence-electron chi connectivity index (χ0n) is 13.9. The molecule has 0 fully saturated rings. The first-order chi connectivity index (χ1) is 12.0. The predicted octanol–water partition coefficient (Wildman–Crippen LogP) is 5.95. The molecule has 4 heteroatoms. The van der Waals surface area contributed by atoms with Crippen molar-refractivity contribution in [2.24, 2.45) is 0 Å². The van der Waals surface area contributed by atoms with Crippen molar-refractivity contribution in [1.29, 1.82) is 0 Å². The Balaban J connectivity index is 1.68. The maximum atomic E-state index is 13.7. The second kappa shape index (κ2) is 7.34. The SMILES string of the molecule is C=CC1=CC(c2cccc(NC(=C)Nc3ccc(F)cc3F)c2)CC1. The van der Waals surface area contributed by atoms with Gasteiger partial charge in [0, 0.05) is 17.7 Å². The van der Waals surface area contributed by atoms with Gasteiger partial charge in [0.1, 0.15) is 17.5 Å². The molecule has 0 aliphatic heterocycles. The lowest BCUT2D eigenvalue weighted by Crippen LogP contribution is -2.09. The topological polar surface area (TPSA) is 24.1 Å². The van der Waals surface area contributed by atoms with E-state index >= 15 is 0 Å². The van der Waals surface area contributed by atoms with E-state index in [0.717, 1.165) is 24.6 Å². The quantitative estimate of drug-likeness (QED) is 0.680. The van der Waals surface area contributed by atoms with Crippen molar-refractivity contribution < 1.29 is 8.78 Å². The third kappa shape index (κ3) is 4.15. The number of halogens is 2. The van der Waals surface area contributed by atoms with Crippen LogP contribution in [0, 0.1) is 11.6 Å². The molecule has 3 rings (SSSR count). The van der Waals surface area contributed by atoms with Crippen LogP contribution in [0.2, 0.25) is 0 Å². The van der Waals surface area contributed by atoms with Crippen LogP contribution >= 0.6 is 0 Å². The molecule has 2 aromatic rings. The highest BCUT2D eigenvalue weighted by Crippen LogP contribution is 2.34. The lowest BCUT2D eigenvalue weighted by atomic mass is 9.98. The minimum absolute atomic E-state index is 0.171. The van der Waals surface area contributed by atoms with Crippen molar-refractivity contribution in [1.82, 2.24) is 0 Å². The molecule has 2 aromatic carbocycles. The molecule has 0 spiro atoms. The molecule has 0 amide bonds. The van der Waals surface area contributed by atoms with Crippen molar-refractivity contribution in [3.63, 3.8) is 0 Å². The van der Waals surface area contributed by atoms with Gasteiger partial charge in [-0.25, -0.2) is 8.78 Å². The van der Waals surface area contributed by atoms with Crippen LogP contribution < -0.4 is 10.6 Å². The Morgan fingerprint density at radius 1 is 1.12 bits per heavy atom. The van der Waals surface area contributed by atoms with Gasteiger partial charge in [-0.3, -0.25) is 0 Å². The van der Waals surface area contributed by atoms with Gasteiger partial charge in [0.25, 0.3) is 0 Å². The van der Waals surface area contributed by atoms with E-state index in [1.807, 2.05) is 18.2 Å². The van der Waals surface area contributed by atoms with E-state index in [4.69, 9.17) is 0 Å². The average Bonchev–Trinajstić information content (AvgIpc) is 3.07. The third-order valence-electron chi connectivity index (χ3n) is 4.25. The minimum Gasteiger partial charge on any atom is -0.342 e. The Morgan fingerprint density at radius 2 is 1.96 bits per heavy atom. The zero-order valence-corrected chi connectivity index (χ0v) is 13.9.